The van der Waals surface area contributed by atoms with Crippen LogP contribution in [-0.2, 0) is 0 Å². The number of likely N-dealkylation sites (N-methyl/N-ethyl adjacent to an activating group) is 1. The maximum absolute atomic E-state index is 6.24. The maximum atomic E-state index is 6.24. The van der Waals surface area contributed by atoms with Crippen LogP contribution in [0, 0.1) is 17.8 Å². The van der Waals surface area contributed by atoms with Crippen molar-refractivity contribution in [1.29, 1.82) is 0 Å². The van der Waals surface area contributed by atoms with Crippen molar-refractivity contribution in [3.05, 3.63) is 0 Å². The number of hydrogen-bond donors (Lipinski definition) is 1. The van der Waals surface area contributed by atoms with E-state index >= 15 is 0 Å². The summed E-state index contributed by atoms with van der Waals surface area (Å²) in [5.41, 5.74) is 6.52. The minimum absolute atomic E-state index is 0.283. The van der Waals surface area contributed by atoms with E-state index in [1.54, 1.807) is 0 Å². The molecule has 1 heterocycles. The molecule has 1 aliphatic heterocycles. The summed E-state index contributed by atoms with van der Waals surface area (Å²) in [6.45, 7) is 10.5. The second-order valence-corrected chi connectivity index (χ2v) is 7.54. The topological polar surface area (TPSA) is 32.5 Å². The van der Waals surface area contributed by atoms with Crippen molar-refractivity contribution in [3.8, 4) is 0 Å². The van der Waals surface area contributed by atoms with E-state index in [1.807, 2.05) is 0 Å². The molecule has 3 nitrogen and oxygen atoms in total. The molecule has 0 aromatic rings. The van der Waals surface area contributed by atoms with Gasteiger partial charge in [0.25, 0.3) is 0 Å². The van der Waals surface area contributed by atoms with Crippen molar-refractivity contribution >= 4 is 0 Å². The van der Waals surface area contributed by atoms with E-state index in [9.17, 15) is 0 Å². The van der Waals surface area contributed by atoms with Gasteiger partial charge in [0, 0.05) is 31.2 Å². The van der Waals surface area contributed by atoms with Crippen molar-refractivity contribution < 1.29 is 0 Å². The molecule has 1 aliphatic carbocycles. The molecule has 1 saturated heterocycles. The van der Waals surface area contributed by atoms with Crippen LogP contribution >= 0.6 is 0 Å². The largest absolute Gasteiger partial charge is 0.329 e. The first-order valence-corrected chi connectivity index (χ1v) is 8.01. The smallest absolute Gasteiger partial charge is 0.0335 e. The van der Waals surface area contributed by atoms with Crippen LogP contribution in [-0.4, -0.2) is 55.1 Å². The van der Waals surface area contributed by atoms with E-state index in [-0.39, 0.29) is 5.54 Å². The molecule has 5 atom stereocenters. The summed E-state index contributed by atoms with van der Waals surface area (Å²) in [6, 6.07) is 0.693. The minimum Gasteiger partial charge on any atom is -0.329 e. The van der Waals surface area contributed by atoms with Crippen LogP contribution in [0.15, 0.2) is 0 Å². The summed E-state index contributed by atoms with van der Waals surface area (Å²) in [5.74, 6) is 2.43. The van der Waals surface area contributed by atoms with Crippen LogP contribution in [0.2, 0.25) is 0 Å². The third kappa shape index (κ3) is 2.84. The highest BCUT2D eigenvalue weighted by Gasteiger charge is 2.45. The first-order valence-electron chi connectivity index (χ1n) is 8.01. The third-order valence-corrected chi connectivity index (χ3v) is 6.03. The standard InChI is InChI=1S/C16H33N3/c1-12-6-7-16(11-17,8-13(12)2)19-9-14(3)15(10-19)18(4)5/h12-15H,6-11,17H2,1-5H3. The van der Waals surface area contributed by atoms with Gasteiger partial charge in [0.05, 0.1) is 0 Å². The number of nitrogens with two attached hydrogens (primary N) is 1. The van der Waals surface area contributed by atoms with Crippen LogP contribution in [0.5, 0.6) is 0 Å². The molecule has 19 heavy (non-hydrogen) atoms. The Morgan fingerprint density at radius 3 is 2.26 bits per heavy atom. The lowest BCUT2D eigenvalue weighted by Gasteiger charge is -2.48. The van der Waals surface area contributed by atoms with Gasteiger partial charge in [0.15, 0.2) is 0 Å². The van der Waals surface area contributed by atoms with E-state index < -0.39 is 0 Å². The highest BCUT2D eigenvalue weighted by molar-refractivity contribution is 5.02. The minimum atomic E-state index is 0.283. The van der Waals surface area contributed by atoms with Crippen molar-refractivity contribution in [1.82, 2.24) is 9.80 Å². The zero-order valence-corrected chi connectivity index (χ0v) is 13.5. The lowest BCUT2D eigenvalue weighted by Crippen LogP contribution is -2.56. The van der Waals surface area contributed by atoms with E-state index in [0.29, 0.717) is 6.04 Å². The first-order chi connectivity index (χ1) is 8.89. The summed E-state index contributed by atoms with van der Waals surface area (Å²) in [6.07, 6.45) is 3.93. The zero-order chi connectivity index (χ0) is 14.2. The zero-order valence-electron chi connectivity index (χ0n) is 13.5. The van der Waals surface area contributed by atoms with Gasteiger partial charge in [-0.25, -0.2) is 0 Å². The van der Waals surface area contributed by atoms with Gasteiger partial charge >= 0.3 is 0 Å². The van der Waals surface area contributed by atoms with E-state index in [1.165, 1.54) is 32.4 Å². The monoisotopic (exact) mass is 267 g/mol. The van der Waals surface area contributed by atoms with Crippen LogP contribution in [0.3, 0.4) is 0 Å². The highest BCUT2D eigenvalue weighted by atomic mass is 15.3. The molecule has 2 aliphatic rings. The van der Waals surface area contributed by atoms with Gasteiger partial charge in [-0.2, -0.15) is 0 Å². The Morgan fingerprint density at radius 1 is 1.11 bits per heavy atom. The number of rotatable bonds is 3. The van der Waals surface area contributed by atoms with Crippen LogP contribution in [0.1, 0.15) is 40.0 Å². The Bertz CT molecular complexity index is 304. The van der Waals surface area contributed by atoms with Crippen molar-refractivity contribution in [3.63, 3.8) is 0 Å². The van der Waals surface area contributed by atoms with Crippen LogP contribution in [0.25, 0.3) is 0 Å². The average Bonchev–Trinajstić information content (AvgIpc) is 2.76. The molecular formula is C16H33N3. The fourth-order valence-electron chi connectivity index (χ4n) is 4.29. The molecule has 0 aromatic carbocycles. The Balaban J connectivity index is 2.10. The first kappa shape index (κ1) is 15.3. The molecule has 3 heteroatoms. The summed E-state index contributed by atoms with van der Waals surface area (Å²) in [5, 5.41) is 0. The van der Waals surface area contributed by atoms with E-state index in [2.05, 4.69) is 44.7 Å². The second-order valence-electron chi connectivity index (χ2n) is 7.54. The van der Waals surface area contributed by atoms with Crippen LogP contribution < -0.4 is 5.73 Å². The number of nitrogens with zero attached hydrogens (tertiary/aromatic N) is 2. The Morgan fingerprint density at radius 2 is 1.79 bits per heavy atom. The molecule has 0 bridgehead atoms. The summed E-state index contributed by atoms with van der Waals surface area (Å²) in [4.78, 5) is 5.12. The van der Waals surface area contributed by atoms with Gasteiger partial charge in [-0.3, -0.25) is 4.90 Å². The second kappa shape index (κ2) is 5.71. The predicted molar refractivity (Wildman–Crippen MR) is 82.2 cm³/mol. The molecule has 112 valence electrons. The number of likely N-dealkylation sites (tertiary alicyclic amines) is 1. The van der Waals surface area contributed by atoms with E-state index in [4.69, 9.17) is 5.73 Å². The number of hydrogen-bond acceptors (Lipinski definition) is 3. The van der Waals surface area contributed by atoms with Crippen LogP contribution in [0.4, 0.5) is 0 Å². The van der Waals surface area contributed by atoms with E-state index in [0.717, 1.165) is 24.3 Å². The molecule has 2 rings (SSSR count). The molecule has 2 fully saturated rings. The van der Waals surface area contributed by atoms with Gasteiger partial charge in [-0.1, -0.05) is 20.8 Å². The fourth-order valence-corrected chi connectivity index (χ4v) is 4.29. The van der Waals surface area contributed by atoms with Crippen molar-refractivity contribution in [2.24, 2.45) is 23.5 Å². The normalized spacial score (nSPS) is 45.0. The molecular weight excluding hydrogens is 234 g/mol. The predicted octanol–water partition coefficient (Wildman–Crippen LogP) is 2.02. The molecule has 0 amide bonds. The average molecular weight is 267 g/mol. The van der Waals surface area contributed by atoms with Gasteiger partial charge in [-0.05, 0) is 51.1 Å². The maximum Gasteiger partial charge on any atom is 0.0335 e. The fraction of sp³-hybridized carbons (Fsp3) is 1.00. The molecule has 5 unspecified atom stereocenters. The molecule has 0 spiro atoms. The highest BCUT2D eigenvalue weighted by Crippen LogP contribution is 2.41. The molecule has 2 N–H and O–H groups in total. The third-order valence-electron chi connectivity index (χ3n) is 6.03. The quantitative estimate of drug-likeness (QED) is 0.849. The molecule has 0 aromatic heterocycles. The van der Waals surface area contributed by atoms with Gasteiger partial charge < -0.3 is 10.6 Å². The lowest BCUT2D eigenvalue weighted by molar-refractivity contribution is 0.0335. The molecule has 0 radical (unpaired) electrons. The Labute approximate surface area is 119 Å². The van der Waals surface area contributed by atoms with Gasteiger partial charge in [0.2, 0.25) is 0 Å². The van der Waals surface area contributed by atoms with Gasteiger partial charge in [0.1, 0.15) is 0 Å². The van der Waals surface area contributed by atoms with Crippen molar-refractivity contribution in [2.75, 3.05) is 33.7 Å². The van der Waals surface area contributed by atoms with Gasteiger partial charge in [-0.15, -0.1) is 0 Å². The lowest BCUT2D eigenvalue weighted by atomic mass is 9.70. The summed E-state index contributed by atoms with van der Waals surface area (Å²) in [7, 11) is 4.43. The summed E-state index contributed by atoms with van der Waals surface area (Å²) < 4.78 is 0. The summed E-state index contributed by atoms with van der Waals surface area (Å²) >= 11 is 0. The Kier molecular flexibility index (Phi) is 4.59. The SMILES string of the molecule is CC1CCC(CN)(N2CC(C)C(N(C)C)C2)CC1C. The molecule has 1 saturated carbocycles. The van der Waals surface area contributed by atoms with Crippen molar-refractivity contribution in [2.45, 2.75) is 51.6 Å². The Hall–Kier alpha value is -0.120.